The second-order valence-corrected chi connectivity index (χ2v) is 12.2. The molecule has 124 valence electrons. The molecule has 5 heteroatoms. The average Bonchev–Trinajstić information content (AvgIpc) is 2.81. The minimum Gasteiger partial charge on any atom is -0.351 e. The van der Waals surface area contributed by atoms with E-state index in [0.717, 1.165) is 23.9 Å². The van der Waals surface area contributed by atoms with E-state index in [0.29, 0.717) is 5.69 Å². The summed E-state index contributed by atoms with van der Waals surface area (Å²) >= 11 is 0. The van der Waals surface area contributed by atoms with Crippen molar-refractivity contribution < 1.29 is 4.79 Å². The summed E-state index contributed by atoms with van der Waals surface area (Å²) in [5.41, 5.74) is 4.12. The smallest absolute Gasteiger partial charge is 0.267 e. The second kappa shape index (κ2) is 6.13. The van der Waals surface area contributed by atoms with E-state index in [1.54, 1.807) is 0 Å². The lowest BCUT2D eigenvalue weighted by Gasteiger charge is -2.22. The summed E-state index contributed by atoms with van der Waals surface area (Å²) in [6, 6.07) is 7.73. The molecule has 2 aromatic rings. The number of carbonyl (C=O) groups is 1. The number of hydrogen-bond donors (Lipinski definition) is 3. The highest BCUT2D eigenvalue weighted by atomic mass is 28.3. The van der Waals surface area contributed by atoms with Crippen LogP contribution in [0.15, 0.2) is 18.2 Å². The van der Waals surface area contributed by atoms with Crippen LogP contribution in [0.3, 0.4) is 0 Å². The van der Waals surface area contributed by atoms with Gasteiger partial charge in [0.1, 0.15) is 13.9 Å². The van der Waals surface area contributed by atoms with Crippen LogP contribution in [0.2, 0.25) is 19.1 Å². The number of nitrogens with one attached hydrogen (secondary N) is 3. The van der Waals surface area contributed by atoms with Gasteiger partial charge in [-0.15, -0.1) is 0 Å². The molecule has 3 N–H and O–H groups in total. The SMILES string of the molecule is Cc1cc(C)c2cc(C(=O)NC3CCC[Si](C)(C)NC3)[nH]c2c1. The van der Waals surface area contributed by atoms with Gasteiger partial charge in [-0.25, -0.2) is 0 Å². The normalized spacial score (nSPS) is 21.1. The maximum Gasteiger partial charge on any atom is 0.267 e. The zero-order chi connectivity index (χ0) is 16.6. The Morgan fingerprint density at radius 3 is 2.83 bits per heavy atom. The Bertz CT molecular complexity index is 735. The van der Waals surface area contributed by atoms with Gasteiger partial charge in [-0.2, -0.15) is 0 Å². The van der Waals surface area contributed by atoms with Crippen LogP contribution in [0.25, 0.3) is 10.9 Å². The van der Waals surface area contributed by atoms with E-state index in [4.69, 9.17) is 0 Å². The van der Waals surface area contributed by atoms with Crippen molar-refractivity contribution in [1.29, 1.82) is 0 Å². The van der Waals surface area contributed by atoms with Crippen LogP contribution in [-0.4, -0.2) is 31.7 Å². The van der Waals surface area contributed by atoms with Gasteiger partial charge >= 0.3 is 0 Å². The van der Waals surface area contributed by atoms with Gasteiger partial charge in [-0.1, -0.05) is 25.6 Å². The monoisotopic (exact) mass is 329 g/mol. The van der Waals surface area contributed by atoms with Gasteiger partial charge in [0.25, 0.3) is 5.91 Å². The number of H-pyrrole nitrogens is 1. The lowest BCUT2D eigenvalue weighted by atomic mass is 10.1. The van der Waals surface area contributed by atoms with Crippen LogP contribution in [0.5, 0.6) is 0 Å². The third-order valence-electron chi connectivity index (χ3n) is 4.85. The number of hydrogen-bond acceptors (Lipinski definition) is 2. The molecule has 1 aliphatic heterocycles. The van der Waals surface area contributed by atoms with E-state index in [2.05, 4.69) is 54.4 Å². The molecule has 1 unspecified atom stereocenters. The molecule has 3 rings (SSSR count). The summed E-state index contributed by atoms with van der Waals surface area (Å²) in [5.74, 6) is 0.00595. The Morgan fingerprint density at radius 1 is 1.26 bits per heavy atom. The third kappa shape index (κ3) is 3.67. The quantitative estimate of drug-likeness (QED) is 0.739. The van der Waals surface area contributed by atoms with Crippen molar-refractivity contribution in [1.82, 2.24) is 15.3 Å². The Morgan fingerprint density at radius 2 is 2.04 bits per heavy atom. The first kappa shape index (κ1) is 16.3. The molecule has 2 heterocycles. The standard InChI is InChI=1S/C18H27N3OSi/c1-12-8-13(2)15-10-17(21-16(15)9-12)18(22)20-14-6-5-7-23(3,4)19-11-14/h8-10,14,19,21H,5-7,11H2,1-4H3,(H,20,22). The highest BCUT2D eigenvalue weighted by Crippen LogP contribution is 2.22. The number of carbonyl (C=O) groups excluding carboxylic acids is 1. The molecule has 4 nitrogen and oxygen atoms in total. The van der Waals surface area contributed by atoms with E-state index in [9.17, 15) is 4.79 Å². The number of benzene rings is 1. The minimum atomic E-state index is -1.26. The Hall–Kier alpha value is -1.59. The fraction of sp³-hybridized carbons (Fsp3) is 0.500. The van der Waals surface area contributed by atoms with Crippen molar-refractivity contribution in [2.75, 3.05) is 6.54 Å². The maximum absolute atomic E-state index is 12.6. The molecular formula is C18H27N3OSi. The summed E-state index contributed by atoms with van der Waals surface area (Å²) in [6.45, 7) is 9.78. The molecule has 0 saturated carbocycles. The molecule has 0 radical (unpaired) electrons. The van der Waals surface area contributed by atoms with Crippen molar-refractivity contribution in [2.24, 2.45) is 0 Å². The van der Waals surface area contributed by atoms with Crippen LogP contribution in [-0.2, 0) is 0 Å². The fourth-order valence-electron chi connectivity index (χ4n) is 3.49. The molecule has 1 fully saturated rings. The molecule has 1 saturated heterocycles. The van der Waals surface area contributed by atoms with Gasteiger partial charge in [-0.05, 0) is 49.6 Å². The van der Waals surface area contributed by atoms with Crippen LogP contribution >= 0.6 is 0 Å². The summed E-state index contributed by atoms with van der Waals surface area (Å²) < 4.78 is 0. The largest absolute Gasteiger partial charge is 0.351 e. The number of aryl methyl sites for hydroxylation is 2. The topological polar surface area (TPSA) is 56.9 Å². The van der Waals surface area contributed by atoms with Crippen LogP contribution < -0.4 is 10.3 Å². The maximum atomic E-state index is 12.6. The second-order valence-electron chi connectivity index (χ2n) is 7.55. The van der Waals surface area contributed by atoms with Gasteiger partial charge < -0.3 is 15.3 Å². The van der Waals surface area contributed by atoms with Crippen LogP contribution in [0.1, 0.15) is 34.5 Å². The molecule has 1 amide bonds. The van der Waals surface area contributed by atoms with E-state index in [1.165, 1.54) is 23.6 Å². The molecular weight excluding hydrogens is 302 g/mol. The number of aromatic nitrogens is 1. The van der Waals surface area contributed by atoms with Crippen molar-refractivity contribution >= 4 is 25.0 Å². The Labute approximate surface area is 139 Å². The zero-order valence-corrected chi connectivity index (χ0v) is 15.5. The summed E-state index contributed by atoms with van der Waals surface area (Å²) in [5, 5.41) is 4.33. The van der Waals surface area contributed by atoms with Gasteiger partial charge in [0.15, 0.2) is 0 Å². The summed E-state index contributed by atoms with van der Waals surface area (Å²) in [7, 11) is -1.26. The van der Waals surface area contributed by atoms with Crippen molar-refractivity contribution in [3.8, 4) is 0 Å². The van der Waals surface area contributed by atoms with Gasteiger partial charge in [0.05, 0.1) is 0 Å². The molecule has 0 aliphatic carbocycles. The zero-order valence-electron chi connectivity index (χ0n) is 14.5. The predicted octanol–water partition coefficient (Wildman–Crippen LogP) is 3.47. The Balaban J connectivity index is 1.74. The molecule has 1 aliphatic rings. The number of amides is 1. The summed E-state index contributed by atoms with van der Waals surface area (Å²) in [6.07, 6.45) is 2.26. The minimum absolute atomic E-state index is 0.00595. The lowest BCUT2D eigenvalue weighted by Crippen LogP contribution is -2.49. The van der Waals surface area contributed by atoms with Crippen molar-refractivity contribution in [3.05, 3.63) is 35.0 Å². The third-order valence-corrected chi connectivity index (χ3v) is 7.62. The number of rotatable bonds is 2. The molecule has 0 spiro atoms. The lowest BCUT2D eigenvalue weighted by molar-refractivity contribution is 0.0931. The molecule has 1 aromatic heterocycles. The van der Waals surface area contributed by atoms with Gasteiger partial charge in [0, 0.05) is 23.5 Å². The highest BCUT2D eigenvalue weighted by molar-refractivity contribution is 6.75. The Kier molecular flexibility index (Phi) is 4.34. The molecule has 23 heavy (non-hydrogen) atoms. The fourth-order valence-corrected chi connectivity index (χ4v) is 5.55. The van der Waals surface area contributed by atoms with E-state index in [1.807, 2.05) is 6.07 Å². The van der Waals surface area contributed by atoms with Gasteiger partial charge in [0.2, 0.25) is 0 Å². The van der Waals surface area contributed by atoms with E-state index >= 15 is 0 Å². The van der Waals surface area contributed by atoms with E-state index < -0.39 is 8.24 Å². The highest BCUT2D eigenvalue weighted by Gasteiger charge is 2.26. The first-order valence-corrected chi connectivity index (χ1v) is 11.7. The molecule has 0 bridgehead atoms. The van der Waals surface area contributed by atoms with Crippen LogP contribution in [0.4, 0.5) is 0 Å². The first-order valence-electron chi connectivity index (χ1n) is 8.50. The molecule has 1 aromatic carbocycles. The van der Waals surface area contributed by atoms with E-state index in [-0.39, 0.29) is 11.9 Å². The average molecular weight is 330 g/mol. The molecule has 1 atom stereocenters. The van der Waals surface area contributed by atoms with Crippen LogP contribution in [0, 0.1) is 13.8 Å². The first-order chi connectivity index (χ1) is 10.8. The predicted molar refractivity (Wildman–Crippen MR) is 98.6 cm³/mol. The van der Waals surface area contributed by atoms with Crippen molar-refractivity contribution in [3.63, 3.8) is 0 Å². The number of aromatic amines is 1. The number of fused-ring (bicyclic) bond motifs is 1. The summed E-state index contributed by atoms with van der Waals surface area (Å²) in [4.78, 5) is 19.6. The van der Waals surface area contributed by atoms with Gasteiger partial charge in [-0.3, -0.25) is 4.79 Å². The van der Waals surface area contributed by atoms with Crippen molar-refractivity contribution in [2.45, 2.75) is 51.9 Å².